The molecule has 8 nitrogen and oxygen atoms in total. The minimum atomic E-state index is -4.16. The van der Waals surface area contributed by atoms with Crippen molar-refractivity contribution in [1.82, 2.24) is 4.90 Å². The van der Waals surface area contributed by atoms with Crippen LogP contribution >= 0.6 is 0 Å². The van der Waals surface area contributed by atoms with E-state index in [9.17, 15) is 8.42 Å². The molecular formula is C6H15NO7S. The number of rotatable bonds is 7. The zero-order chi connectivity index (χ0) is 12.1. The summed E-state index contributed by atoms with van der Waals surface area (Å²) >= 11 is 0. The second kappa shape index (κ2) is 6.33. The van der Waals surface area contributed by atoms with Crippen LogP contribution in [-0.4, -0.2) is 76.3 Å². The van der Waals surface area contributed by atoms with E-state index in [1.807, 2.05) is 0 Å². The third-order valence-corrected chi connectivity index (χ3v) is 2.21. The van der Waals surface area contributed by atoms with E-state index >= 15 is 0 Å². The summed E-state index contributed by atoms with van der Waals surface area (Å²) in [5, 5.41) is 34.4. The molecule has 0 unspecified atom stereocenters. The van der Waals surface area contributed by atoms with Gasteiger partial charge in [0.25, 0.3) is 10.1 Å². The van der Waals surface area contributed by atoms with Crippen LogP contribution < -0.4 is 0 Å². The SMILES string of the molecule is O=S(=O)(O)CCN(CC(O)O)CC(O)O. The van der Waals surface area contributed by atoms with Crippen LogP contribution in [0.25, 0.3) is 0 Å². The normalized spacial score (nSPS) is 13.1. The first-order chi connectivity index (χ1) is 6.70. The van der Waals surface area contributed by atoms with Gasteiger partial charge in [-0.25, -0.2) is 0 Å². The van der Waals surface area contributed by atoms with Crippen molar-refractivity contribution in [2.45, 2.75) is 12.6 Å². The molecule has 0 spiro atoms. The third kappa shape index (κ3) is 10.0. The van der Waals surface area contributed by atoms with Gasteiger partial charge in [-0.15, -0.1) is 0 Å². The predicted molar refractivity (Wildman–Crippen MR) is 49.3 cm³/mol. The monoisotopic (exact) mass is 245 g/mol. The molecular weight excluding hydrogens is 230 g/mol. The van der Waals surface area contributed by atoms with Gasteiger partial charge in [0.15, 0.2) is 12.6 Å². The summed E-state index contributed by atoms with van der Waals surface area (Å²) in [6, 6.07) is 0. The molecule has 5 N–H and O–H groups in total. The van der Waals surface area contributed by atoms with Crippen LogP contribution in [0.1, 0.15) is 0 Å². The van der Waals surface area contributed by atoms with Gasteiger partial charge in [0.1, 0.15) is 0 Å². The second-order valence-corrected chi connectivity index (χ2v) is 4.58. The lowest BCUT2D eigenvalue weighted by Gasteiger charge is -2.22. The first kappa shape index (κ1) is 14.7. The molecule has 0 aliphatic heterocycles. The molecule has 0 saturated heterocycles. The number of aliphatic hydroxyl groups excluding tert-OH is 2. The highest BCUT2D eigenvalue weighted by Crippen LogP contribution is 1.95. The molecule has 9 heteroatoms. The van der Waals surface area contributed by atoms with E-state index in [-0.39, 0.29) is 19.6 Å². The van der Waals surface area contributed by atoms with E-state index in [1.54, 1.807) is 0 Å². The summed E-state index contributed by atoms with van der Waals surface area (Å²) in [5.74, 6) is -0.619. The zero-order valence-electron chi connectivity index (χ0n) is 7.89. The van der Waals surface area contributed by atoms with Crippen molar-refractivity contribution in [3.63, 3.8) is 0 Å². The fourth-order valence-corrected chi connectivity index (χ4v) is 1.45. The first-order valence-corrected chi connectivity index (χ1v) is 5.71. The topological polar surface area (TPSA) is 139 Å². The Kier molecular flexibility index (Phi) is 6.20. The molecule has 0 aliphatic rings. The first-order valence-electron chi connectivity index (χ1n) is 4.10. The standard InChI is InChI=1S/C6H15NO7S/c8-5(9)3-7(4-6(10)11)1-2-15(12,13)14/h5-6,8-11H,1-4H2,(H,12,13,14). The fraction of sp³-hybridized carbons (Fsp3) is 1.00. The number of nitrogens with zero attached hydrogens (tertiary/aromatic N) is 1. The average molecular weight is 245 g/mol. The summed E-state index contributed by atoms with van der Waals surface area (Å²) in [6.07, 6.45) is -3.43. The van der Waals surface area contributed by atoms with Crippen molar-refractivity contribution >= 4 is 10.1 Å². The molecule has 0 aliphatic carbocycles. The highest BCUT2D eigenvalue weighted by Gasteiger charge is 2.15. The lowest BCUT2D eigenvalue weighted by molar-refractivity contribution is -0.0933. The molecule has 0 bridgehead atoms. The number of hydrogen-bond acceptors (Lipinski definition) is 7. The van der Waals surface area contributed by atoms with Crippen LogP contribution in [0, 0.1) is 0 Å². The molecule has 0 aromatic rings. The Morgan fingerprint density at radius 1 is 1.00 bits per heavy atom. The van der Waals surface area contributed by atoms with Crippen LogP contribution in [0.4, 0.5) is 0 Å². The van der Waals surface area contributed by atoms with Gasteiger partial charge in [-0.2, -0.15) is 8.42 Å². The number of aliphatic hydroxyl groups is 4. The van der Waals surface area contributed by atoms with Crippen LogP contribution in [0.15, 0.2) is 0 Å². The Hall–Kier alpha value is -0.290. The molecule has 0 amide bonds. The van der Waals surface area contributed by atoms with Gasteiger partial charge < -0.3 is 20.4 Å². The van der Waals surface area contributed by atoms with Crippen LogP contribution in [0.5, 0.6) is 0 Å². The highest BCUT2D eigenvalue weighted by molar-refractivity contribution is 7.85. The number of hydrogen-bond donors (Lipinski definition) is 5. The average Bonchev–Trinajstić information content (AvgIpc) is 1.96. The lowest BCUT2D eigenvalue weighted by Crippen LogP contribution is -2.40. The van der Waals surface area contributed by atoms with Gasteiger partial charge >= 0.3 is 0 Å². The van der Waals surface area contributed by atoms with Gasteiger partial charge in [0.05, 0.1) is 5.75 Å². The molecule has 0 rings (SSSR count). The van der Waals surface area contributed by atoms with Crippen LogP contribution in [-0.2, 0) is 10.1 Å². The van der Waals surface area contributed by atoms with Crippen molar-refractivity contribution in [2.24, 2.45) is 0 Å². The highest BCUT2D eigenvalue weighted by atomic mass is 32.2. The maximum atomic E-state index is 10.4. The fourth-order valence-electron chi connectivity index (χ4n) is 0.963. The van der Waals surface area contributed by atoms with Gasteiger partial charge in [0, 0.05) is 19.6 Å². The molecule has 0 radical (unpaired) electrons. The molecule has 0 atom stereocenters. The van der Waals surface area contributed by atoms with Crippen LogP contribution in [0.2, 0.25) is 0 Å². The largest absolute Gasteiger partial charge is 0.367 e. The Bertz CT molecular complexity index is 253. The van der Waals surface area contributed by atoms with Crippen molar-refractivity contribution < 1.29 is 33.4 Å². The Labute approximate surface area is 87.1 Å². The molecule has 0 saturated carbocycles. The predicted octanol–water partition coefficient (Wildman–Crippen LogP) is -3.20. The van der Waals surface area contributed by atoms with Crippen molar-refractivity contribution in [2.75, 3.05) is 25.4 Å². The van der Waals surface area contributed by atoms with E-state index in [2.05, 4.69) is 0 Å². The molecule has 92 valence electrons. The summed E-state index contributed by atoms with van der Waals surface area (Å²) in [6.45, 7) is -0.908. The zero-order valence-corrected chi connectivity index (χ0v) is 8.71. The third-order valence-electron chi connectivity index (χ3n) is 1.51. The summed E-state index contributed by atoms with van der Waals surface area (Å²) < 4.78 is 29.2. The Morgan fingerprint density at radius 3 is 1.67 bits per heavy atom. The van der Waals surface area contributed by atoms with E-state index in [0.29, 0.717) is 0 Å². The van der Waals surface area contributed by atoms with Crippen molar-refractivity contribution in [3.8, 4) is 0 Å². The van der Waals surface area contributed by atoms with E-state index in [4.69, 9.17) is 25.0 Å². The minimum Gasteiger partial charge on any atom is -0.367 e. The summed E-state index contributed by atoms with van der Waals surface area (Å²) in [7, 11) is -4.16. The molecule has 0 aromatic heterocycles. The van der Waals surface area contributed by atoms with Crippen molar-refractivity contribution in [3.05, 3.63) is 0 Å². The van der Waals surface area contributed by atoms with E-state index in [1.165, 1.54) is 0 Å². The van der Waals surface area contributed by atoms with Gasteiger partial charge in [-0.3, -0.25) is 9.45 Å². The summed E-state index contributed by atoms with van der Waals surface area (Å²) in [4.78, 5) is 1.09. The Morgan fingerprint density at radius 2 is 1.40 bits per heavy atom. The maximum absolute atomic E-state index is 10.4. The van der Waals surface area contributed by atoms with Crippen molar-refractivity contribution in [1.29, 1.82) is 0 Å². The molecule has 0 fully saturated rings. The molecule has 0 aromatic carbocycles. The van der Waals surface area contributed by atoms with Crippen LogP contribution in [0.3, 0.4) is 0 Å². The second-order valence-electron chi connectivity index (χ2n) is 3.01. The van der Waals surface area contributed by atoms with E-state index < -0.39 is 28.5 Å². The smallest absolute Gasteiger partial charge is 0.266 e. The lowest BCUT2D eigenvalue weighted by atomic mass is 10.4. The Balaban J connectivity index is 4.12. The van der Waals surface area contributed by atoms with E-state index in [0.717, 1.165) is 4.90 Å². The summed E-state index contributed by atoms with van der Waals surface area (Å²) in [5.41, 5.74) is 0. The molecule has 0 heterocycles. The molecule has 15 heavy (non-hydrogen) atoms. The minimum absolute atomic E-state index is 0.228. The maximum Gasteiger partial charge on any atom is 0.266 e. The van der Waals surface area contributed by atoms with Gasteiger partial charge in [0.2, 0.25) is 0 Å². The van der Waals surface area contributed by atoms with Gasteiger partial charge in [-0.1, -0.05) is 0 Å². The quantitative estimate of drug-likeness (QED) is 0.233. The van der Waals surface area contributed by atoms with Gasteiger partial charge in [-0.05, 0) is 0 Å².